The lowest BCUT2D eigenvalue weighted by molar-refractivity contribution is -0.142. The van der Waals surface area contributed by atoms with Gasteiger partial charge in [0.1, 0.15) is 0 Å². The van der Waals surface area contributed by atoms with Gasteiger partial charge < -0.3 is 5.11 Å². The van der Waals surface area contributed by atoms with Crippen LogP contribution in [0.2, 0.25) is 0 Å². The fourth-order valence-corrected chi connectivity index (χ4v) is 2.62. The molecular weight excluding hydrogens is 244 g/mol. The third-order valence-corrected chi connectivity index (χ3v) is 3.91. The van der Waals surface area contributed by atoms with Gasteiger partial charge in [-0.25, -0.2) is 0 Å². The van der Waals surface area contributed by atoms with E-state index < -0.39 is 5.97 Å². The van der Waals surface area contributed by atoms with Crippen LogP contribution in [0.5, 0.6) is 0 Å². The predicted molar refractivity (Wildman–Crippen MR) is 60.8 cm³/mol. The summed E-state index contributed by atoms with van der Waals surface area (Å²) in [6.07, 6.45) is 8.75. The van der Waals surface area contributed by atoms with Crippen LogP contribution < -0.4 is 0 Å². The monoisotopic (exact) mass is 262 g/mol. The molecule has 0 aromatic rings. The first-order valence-corrected chi connectivity index (χ1v) is 6.48. The number of alkyl halides is 1. The molecule has 2 atom stereocenters. The number of carbonyl (C=O) groups is 1. The molecule has 1 aliphatic carbocycles. The van der Waals surface area contributed by atoms with Gasteiger partial charge in [0, 0.05) is 4.83 Å². The Bertz CT molecular complexity index is 182. The number of halogens is 1. The number of aliphatic carboxylic acids is 1. The van der Waals surface area contributed by atoms with Crippen LogP contribution in [0.1, 0.15) is 51.4 Å². The minimum Gasteiger partial charge on any atom is -0.481 e. The van der Waals surface area contributed by atoms with Gasteiger partial charge in [-0.1, -0.05) is 41.6 Å². The largest absolute Gasteiger partial charge is 0.481 e. The molecule has 0 bridgehead atoms. The van der Waals surface area contributed by atoms with E-state index in [0.29, 0.717) is 4.83 Å². The van der Waals surface area contributed by atoms with Gasteiger partial charge >= 0.3 is 5.97 Å². The maximum atomic E-state index is 10.9. The Balaban J connectivity index is 2.40. The fourth-order valence-electron chi connectivity index (χ4n) is 2.03. The number of hydrogen-bond donors (Lipinski definition) is 1. The van der Waals surface area contributed by atoms with E-state index in [1.165, 1.54) is 25.7 Å². The minimum atomic E-state index is -0.606. The van der Waals surface area contributed by atoms with Crippen LogP contribution in [0.25, 0.3) is 0 Å². The van der Waals surface area contributed by atoms with Crippen molar-refractivity contribution in [1.82, 2.24) is 0 Å². The van der Waals surface area contributed by atoms with Crippen LogP contribution >= 0.6 is 15.9 Å². The van der Waals surface area contributed by atoms with Crippen molar-refractivity contribution < 1.29 is 9.90 Å². The average Bonchev–Trinajstić information content (AvgIpc) is 2.15. The second-order valence-electron chi connectivity index (χ2n) is 4.20. The SMILES string of the molecule is O=C(O)C1CCCCCCC(Br)CC1. The fraction of sp³-hybridized carbons (Fsp3) is 0.909. The van der Waals surface area contributed by atoms with E-state index >= 15 is 0 Å². The van der Waals surface area contributed by atoms with Crippen molar-refractivity contribution in [2.45, 2.75) is 56.2 Å². The Morgan fingerprint density at radius 2 is 1.64 bits per heavy atom. The van der Waals surface area contributed by atoms with Gasteiger partial charge in [0.25, 0.3) is 0 Å². The smallest absolute Gasteiger partial charge is 0.306 e. The van der Waals surface area contributed by atoms with Crippen molar-refractivity contribution >= 4 is 21.9 Å². The Kier molecular flexibility index (Phi) is 5.53. The number of hydrogen-bond acceptors (Lipinski definition) is 1. The van der Waals surface area contributed by atoms with E-state index in [4.69, 9.17) is 5.11 Å². The zero-order valence-electron chi connectivity index (χ0n) is 8.54. The Hall–Kier alpha value is -0.0500. The maximum Gasteiger partial charge on any atom is 0.306 e. The molecule has 2 unspecified atom stereocenters. The summed E-state index contributed by atoms with van der Waals surface area (Å²) in [6.45, 7) is 0. The second-order valence-corrected chi connectivity index (χ2v) is 5.50. The lowest BCUT2D eigenvalue weighted by atomic mass is 9.92. The molecule has 1 saturated carbocycles. The van der Waals surface area contributed by atoms with Crippen molar-refractivity contribution in [1.29, 1.82) is 0 Å². The summed E-state index contributed by atoms with van der Waals surface area (Å²) in [7, 11) is 0. The van der Waals surface area contributed by atoms with E-state index in [1.807, 2.05) is 0 Å². The first-order valence-electron chi connectivity index (χ1n) is 5.57. The molecule has 0 aromatic heterocycles. The zero-order chi connectivity index (χ0) is 10.4. The Morgan fingerprint density at radius 3 is 2.29 bits per heavy atom. The highest BCUT2D eigenvalue weighted by Gasteiger charge is 2.19. The van der Waals surface area contributed by atoms with Gasteiger partial charge in [-0.3, -0.25) is 4.79 Å². The van der Waals surface area contributed by atoms with Gasteiger partial charge in [-0.05, 0) is 25.7 Å². The zero-order valence-corrected chi connectivity index (χ0v) is 10.1. The topological polar surface area (TPSA) is 37.3 Å². The number of carboxylic acids is 1. The van der Waals surface area contributed by atoms with Crippen molar-refractivity contribution in [2.24, 2.45) is 5.92 Å². The predicted octanol–water partition coefficient (Wildman–Crippen LogP) is 3.59. The molecule has 0 spiro atoms. The lowest BCUT2D eigenvalue weighted by Gasteiger charge is -2.17. The van der Waals surface area contributed by atoms with E-state index in [0.717, 1.165) is 25.7 Å². The molecular formula is C11H19BrO2. The molecule has 0 aliphatic heterocycles. The molecule has 2 nitrogen and oxygen atoms in total. The van der Waals surface area contributed by atoms with Crippen LogP contribution in [0.4, 0.5) is 0 Å². The summed E-state index contributed by atoms with van der Waals surface area (Å²) in [4.78, 5) is 11.4. The highest BCUT2D eigenvalue weighted by atomic mass is 79.9. The van der Waals surface area contributed by atoms with Gasteiger partial charge in [0.05, 0.1) is 5.92 Å². The molecule has 0 heterocycles. The molecule has 0 amide bonds. The Labute approximate surface area is 94.2 Å². The molecule has 82 valence electrons. The maximum absolute atomic E-state index is 10.9. The molecule has 1 aliphatic rings. The third-order valence-electron chi connectivity index (χ3n) is 3.00. The van der Waals surface area contributed by atoms with Crippen LogP contribution in [0, 0.1) is 5.92 Å². The van der Waals surface area contributed by atoms with Gasteiger partial charge in [-0.2, -0.15) is 0 Å². The highest BCUT2D eigenvalue weighted by molar-refractivity contribution is 9.09. The lowest BCUT2D eigenvalue weighted by Crippen LogP contribution is -2.16. The molecule has 0 radical (unpaired) electrons. The second kappa shape index (κ2) is 6.44. The van der Waals surface area contributed by atoms with Gasteiger partial charge in [0.15, 0.2) is 0 Å². The highest BCUT2D eigenvalue weighted by Crippen LogP contribution is 2.25. The van der Waals surface area contributed by atoms with Gasteiger partial charge in [0.2, 0.25) is 0 Å². The van der Waals surface area contributed by atoms with Crippen molar-refractivity contribution in [3.8, 4) is 0 Å². The van der Waals surface area contributed by atoms with Gasteiger partial charge in [-0.15, -0.1) is 0 Å². The minimum absolute atomic E-state index is 0.104. The summed E-state index contributed by atoms with van der Waals surface area (Å²) in [6, 6.07) is 0. The molecule has 0 aromatic carbocycles. The third kappa shape index (κ3) is 4.45. The molecule has 1 fully saturated rings. The Morgan fingerprint density at radius 1 is 1.00 bits per heavy atom. The normalized spacial score (nSPS) is 30.9. The van der Waals surface area contributed by atoms with E-state index in [2.05, 4.69) is 15.9 Å². The van der Waals surface area contributed by atoms with Crippen LogP contribution in [0.15, 0.2) is 0 Å². The summed E-state index contributed by atoms with van der Waals surface area (Å²) in [5.74, 6) is -0.710. The first kappa shape index (κ1) is 12.0. The number of rotatable bonds is 1. The average molecular weight is 263 g/mol. The van der Waals surface area contributed by atoms with Crippen LogP contribution in [-0.4, -0.2) is 15.9 Å². The first-order chi connectivity index (χ1) is 6.70. The summed E-state index contributed by atoms with van der Waals surface area (Å²) < 4.78 is 0. The summed E-state index contributed by atoms with van der Waals surface area (Å²) in [5, 5.41) is 8.99. The number of carboxylic acid groups (broad SMARTS) is 1. The van der Waals surface area contributed by atoms with E-state index in [1.54, 1.807) is 0 Å². The van der Waals surface area contributed by atoms with Crippen LogP contribution in [-0.2, 0) is 4.79 Å². The van der Waals surface area contributed by atoms with Crippen LogP contribution in [0.3, 0.4) is 0 Å². The standard InChI is InChI=1S/C11H19BrO2/c12-10-6-4-2-1-3-5-9(7-8-10)11(13)14/h9-10H,1-8H2,(H,13,14). The van der Waals surface area contributed by atoms with Crippen molar-refractivity contribution in [3.63, 3.8) is 0 Å². The van der Waals surface area contributed by atoms with Crippen molar-refractivity contribution in [2.75, 3.05) is 0 Å². The molecule has 1 rings (SSSR count). The summed E-state index contributed by atoms with van der Waals surface area (Å²) in [5.41, 5.74) is 0. The molecule has 0 saturated heterocycles. The molecule has 14 heavy (non-hydrogen) atoms. The van der Waals surface area contributed by atoms with E-state index in [-0.39, 0.29) is 5.92 Å². The molecule has 1 N–H and O–H groups in total. The molecule has 3 heteroatoms. The van der Waals surface area contributed by atoms with E-state index in [9.17, 15) is 4.79 Å². The quantitative estimate of drug-likeness (QED) is 0.734. The summed E-state index contributed by atoms with van der Waals surface area (Å²) >= 11 is 3.62. The van der Waals surface area contributed by atoms with Crippen molar-refractivity contribution in [3.05, 3.63) is 0 Å².